The van der Waals surface area contributed by atoms with Gasteiger partial charge in [-0.05, 0) is 60.9 Å². The number of nitrogens with one attached hydrogen (secondary N) is 2. The molecule has 0 unspecified atom stereocenters. The van der Waals surface area contributed by atoms with Gasteiger partial charge in [0.1, 0.15) is 5.75 Å². The summed E-state index contributed by atoms with van der Waals surface area (Å²) in [5, 5.41) is 6.01. The van der Waals surface area contributed by atoms with Gasteiger partial charge in [0.05, 0.1) is 13.2 Å². The molecule has 0 aliphatic carbocycles. The van der Waals surface area contributed by atoms with E-state index in [2.05, 4.69) is 22.8 Å². The average molecular weight is 472 g/mol. The van der Waals surface area contributed by atoms with E-state index in [1.807, 2.05) is 59.5 Å². The van der Waals surface area contributed by atoms with Crippen molar-refractivity contribution in [1.29, 1.82) is 0 Å². The fourth-order valence-corrected chi connectivity index (χ4v) is 4.17. The van der Waals surface area contributed by atoms with Gasteiger partial charge in [0.15, 0.2) is 0 Å². The first-order valence-electron chi connectivity index (χ1n) is 12.4. The summed E-state index contributed by atoms with van der Waals surface area (Å²) in [6.07, 6.45) is 5.31. The van der Waals surface area contributed by atoms with Gasteiger partial charge in [-0.1, -0.05) is 49.2 Å². The summed E-state index contributed by atoms with van der Waals surface area (Å²) in [7, 11) is 0. The van der Waals surface area contributed by atoms with Gasteiger partial charge >= 0.3 is 0 Å². The molecule has 0 spiro atoms. The maximum Gasteiger partial charge on any atom is 0.253 e. The molecule has 0 radical (unpaired) electrons. The highest BCUT2D eigenvalue weighted by molar-refractivity contribution is 5.98. The minimum Gasteiger partial charge on any atom is -0.493 e. The molecular weight excluding hydrogens is 438 g/mol. The minimum atomic E-state index is -0.174. The molecule has 182 valence electrons. The summed E-state index contributed by atoms with van der Waals surface area (Å²) < 4.78 is 5.81. The minimum absolute atomic E-state index is 0.0344. The summed E-state index contributed by atoms with van der Waals surface area (Å²) in [5.74, 6) is 0.654. The summed E-state index contributed by atoms with van der Waals surface area (Å²) in [4.78, 5) is 27.2. The molecule has 1 fully saturated rings. The van der Waals surface area contributed by atoms with Crippen LogP contribution in [0, 0.1) is 0 Å². The molecule has 0 aromatic heterocycles. The molecule has 1 heterocycles. The van der Waals surface area contributed by atoms with Crippen molar-refractivity contribution in [2.45, 2.75) is 32.1 Å². The summed E-state index contributed by atoms with van der Waals surface area (Å²) >= 11 is 0. The van der Waals surface area contributed by atoms with E-state index >= 15 is 0 Å². The van der Waals surface area contributed by atoms with Crippen LogP contribution in [0.5, 0.6) is 5.75 Å². The highest BCUT2D eigenvalue weighted by atomic mass is 16.5. The van der Waals surface area contributed by atoms with E-state index in [1.54, 1.807) is 12.1 Å². The molecule has 35 heavy (non-hydrogen) atoms. The van der Waals surface area contributed by atoms with Crippen LogP contribution in [0.2, 0.25) is 0 Å². The maximum atomic E-state index is 12.9. The number of benzene rings is 3. The molecule has 1 saturated heterocycles. The number of amides is 2. The van der Waals surface area contributed by atoms with Crippen molar-refractivity contribution in [1.82, 2.24) is 4.90 Å². The first-order chi connectivity index (χ1) is 17.2. The topological polar surface area (TPSA) is 70.7 Å². The molecule has 0 saturated carbocycles. The number of rotatable bonds is 9. The lowest BCUT2D eigenvalue weighted by atomic mass is 10.1. The molecule has 6 nitrogen and oxygen atoms in total. The van der Waals surface area contributed by atoms with Gasteiger partial charge in [0.2, 0.25) is 5.91 Å². The van der Waals surface area contributed by atoms with Crippen LogP contribution >= 0.6 is 0 Å². The zero-order chi connectivity index (χ0) is 24.3. The van der Waals surface area contributed by atoms with Crippen LogP contribution in [-0.2, 0) is 11.2 Å². The SMILES string of the molecule is O=C(CNc1ccc(OCCc2ccccc2)cc1)Nc1cccc(C(=O)N2CCCCCC2)c1. The standard InChI is InChI=1S/C29H33N3O3/c33-28(31-26-12-8-11-24(21-26)29(34)32-18-6-1-2-7-19-32)22-30-25-13-15-27(16-14-25)35-20-17-23-9-4-3-5-10-23/h3-5,8-16,21,30H,1-2,6-7,17-20,22H2,(H,31,33). The predicted molar refractivity (Wildman–Crippen MR) is 140 cm³/mol. The highest BCUT2D eigenvalue weighted by Crippen LogP contribution is 2.18. The number of likely N-dealkylation sites (tertiary alicyclic amines) is 1. The van der Waals surface area contributed by atoms with Crippen molar-refractivity contribution in [3.8, 4) is 5.75 Å². The lowest BCUT2D eigenvalue weighted by molar-refractivity contribution is -0.114. The number of ether oxygens (including phenoxy) is 1. The predicted octanol–water partition coefficient (Wildman–Crippen LogP) is 5.37. The highest BCUT2D eigenvalue weighted by Gasteiger charge is 2.17. The first kappa shape index (κ1) is 24.3. The Kier molecular flexibility index (Phi) is 8.76. The normalized spacial score (nSPS) is 13.5. The second kappa shape index (κ2) is 12.6. The molecule has 0 bridgehead atoms. The van der Waals surface area contributed by atoms with Crippen LogP contribution < -0.4 is 15.4 Å². The Morgan fingerprint density at radius 1 is 0.800 bits per heavy atom. The summed E-state index contributed by atoms with van der Waals surface area (Å²) in [6, 6.07) is 25.0. The van der Waals surface area contributed by atoms with Crippen molar-refractivity contribution >= 4 is 23.2 Å². The fraction of sp³-hybridized carbons (Fsp3) is 0.310. The lowest BCUT2D eigenvalue weighted by Gasteiger charge is -2.20. The Morgan fingerprint density at radius 2 is 1.54 bits per heavy atom. The third kappa shape index (κ3) is 7.60. The van der Waals surface area contributed by atoms with Crippen molar-refractivity contribution in [2.75, 3.05) is 36.9 Å². The Morgan fingerprint density at radius 3 is 2.29 bits per heavy atom. The molecule has 2 N–H and O–H groups in total. The van der Waals surface area contributed by atoms with E-state index in [0.29, 0.717) is 17.9 Å². The number of anilines is 2. The Hall–Kier alpha value is -3.80. The molecule has 3 aromatic carbocycles. The average Bonchev–Trinajstić information content (AvgIpc) is 3.18. The fourth-order valence-electron chi connectivity index (χ4n) is 4.17. The van der Waals surface area contributed by atoms with Crippen LogP contribution in [0.4, 0.5) is 11.4 Å². The lowest BCUT2D eigenvalue weighted by Crippen LogP contribution is -2.31. The Balaban J connectivity index is 1.22. The monoisotopic (exact) mass is 471 g/mol. The third-order valence-corrected chi connectivity index (χ3v) is 6.10. The zero-order valence-corrected chi connectivity index (χ0v) is 20.0. The van der Waals surface area contributed by atoms with Gasteiger partial charge in [-0.3, -0.25) is 9.59 Å². The van der Waals surface area contributed by atoms with E-state index < -0.39 is 0 Å². The van der Waals surface area contributed by atoms with Gasteiger partial charge in [-0.25, -0.2) is 0 Å². The Labute approximate surface area is 207 Å². The van der Waals surface area contributed by atoms with Gasteiger partial charge in [-0.2, -0.15) is 0 Å². The van der Waals surface area contributed by atoms with Crippen LogP contribution in [0.1, 0.15) is 41.6 Å². The maximum absolute atomic E-state index is 12.9. The largest absolute Gasteiger partial charge is 0.493 e. The van der Waals surface area contributed by atoms with Crippen LogP contribution in [0.25, 0.3) is 0 Å². The number of carbonyl (C=O) groups excluding carboxylic acids is 2. The molecule has 4 rings (SSSR count). The van der Waals surface area contributed by atoms with Crippen LogP contribution in [0.3, 0.4) is 0 Å². The van der Waals surface area contributed by atoms with E-state index in [9.17, 15) is 9.59 Å². The van der Waals surface area contributed by atoms with Crippen molar-refractivity contribution in [3.05, 3.63) is 90.0 Å². The molecule has 1 aliphatic rings. The third-order valence-electron chi connectivity index (χ3n) is 6.10. The molecular formula is C29H33N3O3. The van der Waals surface area contributed by atoms with E-state index in [-0.39, 0.29) is 18.4 Å². The zero-order valence-electron chi connectivity index (χ0n) is 20.0. The number of hydrogen-bond acceptors (Lipinski definition) is 4. The smallest absolute Gasteiger partial charge is 0.253 e. The quantitative estimate of drug-likeness (QED) is 0.440. The van der Waals surface area contributed by atoms with E-state index in [0.717, 1.165) is 43.8 Å². The van der Waals surface area contributed by atoms with Crippen molar-refractivity contribution in [3.63, 3.8) is 0 Å². The molecule has 6 heteroatoms. The Bertz CT molecular complexity index is 1090. The molecule has 1 aliphatic heterocycles. The van der Waals surface area contributed by atoms with Crippen LogP contribution in [0.15, 0.2) is 78.9 Å². The summed E-state index contributed by atoms with van der Waals surface area (Å²) in [6.45, 7) is 2.34. The number of carbonyl (C=O) groups is 2. The summed E-state index contributed by atoms with van der Waals surface area (Å²) in [5.41, 5.74) is 3.31. The molecule has 0 atom stereocenters. The molecule has 3 aromatic rings. The second-order valence-corrected chi connectivity index (χ2v) is 8.80. The van der Waals surface area contributed by atoms with E-state index in [1.165, 1.54) is 18.4 Å². The van der Waals surface area contributed by atoms with Crippen molar-refractivity contribution < 1.29 is 14.3 Å². The van der Waals surface area contributed by atoms with Gasteiger partial charge in [0, 0.05) is 36.4 Å². The van der Waals surface area contributed by atoms with Gasteiger partial charge in [0.25, 0.3) is 5.91 Å². The number of nitrogens with zero attached hydrogens (tertiary/aromatic N) is 1. The second-order valence-electron chi connectivity index (χ2n) is 8.80. The van der Waals surface area contributed by atoms with Gasteiger partial charge < -0.3 is 20.3 Å². The van der Waals surface area contributed by atoms with Crippen LogP contribution in [-0.4, -0.2) is 43.0 Å². The van der Waals surface area contributed by atoms with E-state index in [4.69, 9.17) is 4.74 Å². The first-order valence-corrected chi connectivity index (χ1v) is 12.4. The number of hydrogen-bond donors (Lipinski definition) is 2. The molecule has 2 amide bonds. The van der Waals surface area contributed by atoms with Gasteiger partial charge in [-0.15, -0.1) is 0 Å². The van der Waals surface area contributed by atoms with Crippen molar-refractivity contribution in [2.24, 2.45) is 0 Å².